The number of rotatable bonds is 5. The van der Waals surface area contributed by atoms with Gasteiger partial charge in [-0.15, -0.1) is 0 Å². The minimum absolute atomic E-state index is 0. The molecule has 2 aliphatic heterocycles. The molecular formula is C35H55Br2N5O9. The van der Waals surface area contributed by atoms with Crippen LogP contribution in [0.25, 0.3) is 0 Å². The van der Waals surface area contributed by atoms with Crippen LogP contribution >= 0.6 is 31.9 Å². The van der Waals surface area contributed by atoms with E-state index in [2.05, 4.69) is 58.3 Å². The Kier molecular flexibility index (Phi) is 22.2. The van der Waals surface area contributed by atoms with Gasteiger partial charge in [-0.3, -0.25) is 9.97 Å². The number of carbonyl (C=O) groups is 3. The first-order valence-electron chi connectivity index (χ1n) is 16.2. The van der Waals surface area contributed by atoms with E-state index >= 15 is 0 Å². The summed E-state index contributed by atoms with van der Waals surface area (Å²) in [6.45, 7) is 18.1. The second-order valence-corrected chi connectivity index (χ2v) is 14.8. The molecule has 2 saturated heterocycles. The van der Waals surface area contributed by atoms with E-state index in [1.54, 1.807) is 41.4 Å². The molecule has 2 N–H and O–H groups in total. The highest BCUT2D eigenvalue weighted by molar-refractivity contribution is 9.10. The lowest BCUT2D eigenvalue weighted by atomic mass is 10.2. The Bertz CT molecular complexity index is 1340. The van der Waals surface area contributed by atoms with E-state index in [1.807, 2.05) is 47.6 Å². The van der Waals surface area contributed by atoms with Crippen molar-refractivity contribution < 1.29 is 43.5 Å². The van der Waals surface area contributed by atoms with Crippen LogP contribution in [0.5, 0.6) is 11.5 Å². The van der Waals surface area contributed by atoms with Crippen LogP contribution in [-0.4, -0.2) is 111 Å². The van der Waals surface area contributed by atoms with Crippen LogP contribution in [0.1, 0.15) is 81.6 Å². The maximum Gasteiger partial charge on any atom is 0.432 e. The van der Waals surface area contributed by atoms with Gasteiger partial charge in [0.05, 0.1) is 37.7 Å². The first-order chi connectivity index (χ1) is 23.4. The standard InChI is InChI=1S/C15H21BrN2O3.C10H19NO3.C5H4BrNO.C4H7NO2.CH4/c1-15(2,3)21-14(19)18-6-4-5-12(18)10-20-13-7-11(16)8-17-9-13;1-10(2,3)14-9(13)11-6-4-5-8(11)7-12;6-4-1-5(8)3-7-2-4;1-3-7-4(6)5-2;/h7-9,12H,4-6,10H2,1-3H3;8,12H,4-7H2,1-3H3;1-3,8H;2-3H2,1H3;1H4/t12-;8-;;;/m11.../s1. The van der Waals surface area contributed by atoms with Crippen molar-refractivity contribution in [2.24, 2.45) is 4.99 Å². The highest BCUT2D eigenvalue weighted by atomic mass is 79.9. The number of aliphatic hydroxyl groups is 1. The Balaban J connectivity index is 0.000000717. The molecule has 3 amide bonds. The molecule has 2 aromatic heterocycles. The molecule has 0 aromatic carbocycles. The molecule has 0 unspecified atom stereocenters. The second kappa shape index (κ2) is 23.9. The maximum absolute atomic E-state index is 12.2. The van der Waals surface area contributed by atoms with Crippen LogP contribution in [0.15, 0.2) is 50.9 Å². The van der Waals surface area contributed by atoms with Gasteiger partial charge in [0.15, 0.2) is 0 Å². The molecule has 0 aliphatic carbocycles. The van der Waals surface area contributed by atoms with E-state index in [1.165, 1.54) is 6.20 Å². The van der Waals surface area contributed by atoms with Gasteiger partial charge < -0.3 is 39.0 Å². The van der Waals surface area contributed by atoms with Crippen LogP contribution < -0.4 is 4.74 Å². The molecule has 51 heavy (non-hydrogen) atoms. The molecule has 4 heterocycles. The first-order valence-corrected chi connectivity index (χ1v) is 17.7. The quantitative estimate of drug-likeness (QED) is 0.220. The van der Waals surface area contributed by atoms with Crippen molar-refractivity contribution in [2.75, 3.05) is 32.9 Å². The number of halogens is 2. The smallest absolute Gasteiger partial charge is 0.432 e. The number of aromatic hydroxyl groups is 1. The molecule has 0 saturated carbocycles. The van der Waals surface area contributed by atoms with Crippen molar-refractivity contribution in [3.63, 3.8) is 0 Å². The zero-order chi connectivity index (χ0) is 37.9. The monoisotopic (exact) mass is 847 g/mol. The Labute approximate surface area is 319 Å². The summed E-state index contributed by atoms with van der Waals surface area (Å²) in [4.78, 5) is 47.8. The fraction of sp³-hybridized carbons (Fsp3) is 0.600. The van der Waals surface area contributed by atoms with Crippen molar-refractivity contribution in [1.82, 2.24) is 19.8 Å². The van der Waals surface area contributed by atoms with Gasteiger partial charge in [-0.2, -0.15) is 4.99 Å². The summed E-state index contributed by atoms with van der Waals surface area (Å²) in [6, 6.07) is 3.44. The van der Waals surface area contributed by atoms with E-state index in [0.29, 0.717) is 25.5 Å². The SMILES string of the molecule is C.C=NC(=O)OCC.CC(C)(C)OC(=O)N1CCC[C@@H]1CO.CC(C)(C)OC(=O)N1CCC[C@@H]1COc1cncc(Br)c1.Oc1cncc(Br)c1. The minimum atomic E-state index is -0.609. The third-order valence-corrected chi connectivity index (χ3v) is 7.30. The van der Waals surface area contributed by atoms with E-state index in [0.717, 1.165) is 41.2 Å². The van der Waals surface area contributed by atoms with Crippen LogP contribution in [-0.2, 0) is 14.2 Å². The highest BCUT2D eigenvalue weighted by Crippen LogP contribution is 2.23. The zero-order valence-electron chi connectivity index (χ0n) is 29.9. The minimum Gasteiger partial charge on any atom is -0.506 e. The fourth-order valence-corrected chi connectivity index (χ4v) is 5.09. The summed E-state index contributed by atoms with van der Waals surface area (Å²) in [5.74, 6) is 0.875. The Morgan fingerprint density at radius 3 is 1.76 bits per heavy atom. The van der Waals surface area contributed by atoms with E-state index in [9.17, 15) is 14.4 Å². The molecule has 14 nitrogen and oxygen atoms in total. The second-order valence-electron chi connectivity index (χ2n) is 13.0. The number of nitrogens with zero attached hydrogens (tertiary/aromatic N) is 5. The molecule has 2 atom stereocenters. The Morgan fingerprint density at radius 2 is 1.37 bits per heavy atom. The van der Waals surface area contributed by atoms with E-state index in [-0.39, 0.29) is 44.1 Å². The predicted molar refractivity (Wildman–Crippen MR) is 203 cm³/mol. The van der Waals surface area contributed by atoms with Gasteiger partial charge in [0.1, 0.15) is 29.3 Å². The molecule has 0 radical (unpaired) electrons. The molecule has 2 aliphatic rings. The van der Waals surface area contributed by atoms with Crippen molar-refractivity contribution in [1.29, 1.82) is 0 Å². The maximum atomic E-state index is 12.2. The third kappa shape index (κ3) is 20.8. The van der Waals surface area contributed by atoms with Crippen molar-refractivity contribution in [2.45, 2.75) is 105 Å². The summed E-state index contributed by atoms with van der Waals surface area (Å²) in [5.41, 5.74) is -0.932. The van der Waals surface area contributed by atoms with Crippen LogP contribution in [0.4, 0.5) is 14.4 Å². The average Bonchev–Trinajstić information content (AvgIpc) is 3.69. The number of amides is 3. The van der Waals surface area contributed by atoms with E-state index < -0.39 is 17.3 Å². The van der Waals surface area contributed by atoms with Crippen molar-refractivity contribution in [3.05, 3.63) is 45.9 Å². The number of carbonyl (C=O) groups excluding carboxylic acids is 3. The summed E-state index contributed by atoms with van der Waals surface area (Å²) in [7, 11) is 0. The van der Waals surface area contributed by atoms with Gasteiger partial charge in [-0.25, -0.2) is 14.4 Å². The summed E-state index contributed by atoms with van der Waals surface area (Å²) < 4.78 is 22.4. The molecule has 0 spiro atoms. The fourth-order valence-electron chi connectivity index (χ4n) is 4.39. The van der Waals surface area contributed by atoms with Gasteiger partial charge in [-0.1, -0.05) is 7.43 Å². The molecule has 288 valence electrons. The van der Waals surface area contributed by atoms with Gasteiger partial charge in [0.25, 0.3) is 0 Å². The number of aromatic nitrogens is 2. The normalized spacial score (nSPS) is 16.4. The molecule has 16 heteroatoms. The van der Waals surface area contributed by atoms with Crippen molar-refractivity contribution >= 4 is 56.9 Å². The van der Waals surface area contributed by atoms with Crippen LogP contribution in [0.3, 0.4) is 0 Å². The molecular weight excluding hydrogens is 794 g/mol. The lowest BCUT2D eigenvalue weighted by Gasteiger charge is -2.28. The number of hydrogen-bond donors (Lipinski definition) is 2. The van der Waals surface area contributed by atoms with Gasteiger partial charge in [-0.05, 0) is 125 Å². The Morgan fingerprint density at radius 1 is 0.882 bits per heavy atom. The summed E-state index contributed by atoms with van der Waals surface area (Å²) in [6.07, 6.45) is 8.90. The lowest BCUT2D eigenvalue weighted by Crippen LogP contribution is -2.42. The zero-order valence-corrected chi connectivity index (χ0v) is 33.1. The first kappa shape index (κ1) is 47.5. The number of pyridine rings is 2. The third-order valence-electron chi connectivity index (χ3n) is 6.43. The van der Waals surface area contributed by atoms with Crippen molar-refractivity contribution in [3.8, 4) is 11.5 Å². The molecule has 0 bridgehead atoms. The van der Waals surface area contributed by atoms with Gasteiger partial charge in [0, 0.05) is 34.4 Å². The van der Waals surface area contributed by atoms with Gasteiger partial charge >= 0.3 is 18.3 Å². The summed E-state index contributed by atoms with van der Waals surface area (Å²) >= 11 is 6.50. The molecule has 2 aromatic rings. The van der Waals surface area contributed by atoms with Gasteiger partial charge in [0.2, 0.25) is 0 Å². The average molecular weight is 850 g/mol. The van der Waals surface area contributed by atoms with Crippen LogP contribution in [0.2, 0.25) is 0 Å². The Hall–Kier alpha value is -3.50. The lowest BCUT2D eigenvalue weighted by molar-refractivity contribution is 0.0171. The molecule has 4 rings (SSSR count). The van der Waals surface area contributed by atoms with Crippen LogP contribution in [0, 0.1) is 0 Å². The van der Waals surface area contributed by atoms with E-state index in [4.69, 9.17) is 24.4 Å². The number of hydrogen-bond acceptors (Lipinski definition) is 11. The largest absolute Gasteiger partial charge is 0.506 e. The topological polar surface area (TPSA) is 173 Å². The predicted octanol–water partition coefficient (Wildman–Crippen LogP) is 8.03. The summed E-state index contributed by atoms with van der Waals surface area (Å²) in [5, 5.41) is 17.8. The number of aliphatic imine (C=N–C) groups is 1. The number of aliphatic hydroxyl groups excluding tert-OH is 1. The molecule has 2 fully saturated rings. The number of ether oxygens (including phenoxy) is 4. The highest BCUT2D eigenvalue weighted by Gasteiger charge is 2.33. The number of likely N-dealkylation sites (tertiary alicyclic amines) is 2.